The molecule has 0 aliphatic heterocycles. The Morgan fingerprint density at radius 2 is 1.93 bits per heavy atom. The van der Waals surface area contributed by atoms with Crippen LogP contribution in [0.15, 0.2) is 12.1 Å². The number of halogens is 1. The normalized spacial score (nSPS) is 17.4. The maximum absolute atomic E-state index is 15.0. The van der Waals surface area contributed by atoms with Gasteiger partial charge in [-0.25, -0.2) is 4.39 Å². The molecule has 0 spiro atoms. The molecule has 5 nitrogen and oxygen atoms in total. The van der Waals surface area contributed by atoms with Crippen LogP contribution < -0.4 is 11.1 Å². The van der Waals surface area contributed by atoms with Gasteiger partial charge in [-0.1, -0.05) is 33.1 Å². The summed E-state index contributed by atoms with van der Waals surface area (Å²) in [7, 11) is 2.89. The van der Waals surface area contributed by atoms with Crippen molar-refractivity contribution in [2.45, 2.75) is 64.3 Å². The van der Waals surface area contributed by atoms with Crippen LogP contribution in [0.5, 0.6) is 0 Å². The molecule has 0 heterocycles. The van der Waals surface area contributed by atoms with Crippen LogP contribution in [-0.2, 0) is 14.3 Å². The Hall–Kier alpha value is -1.82. The fraction of sp³-hybridized carbons (Fsp3) is 0.682. The van der Waals surface area contributed by atoms with Gasteiger partial charge < -0.3 is 20.5 Å². The van der Waals surface area contributed by atoms with Gasteiger partial charge in [0.15, 0.2) is 0 Å². The number of rotatable bonds is 9. The maximum Gasteiger partial charge on any atom is 0.306 e. The third-order valence-electron chi connectivity index (χ3n) is 5.81. The van der Waals surface area contributed by atoms with E-state index in [9.17, 15) is 4.79 Å². The molecule has 0 amide bonds. The van der Waals surface area contributed by atoms with E-state index in [1.165, 1.54) is 45.3 Å². The first-order chi connectivity index (χ1) is 13.4. The van der Waals surface area contributed by atoms with Crippen LogP contribution in [0.4, 0.5) is 15.8 Å². The minimum Gasteiger partial charge on any atom is -0.469 e. The summed E-state index contributed by atoms with van der Waals surface area (Å²) in [6, 6.07) is 3.40. The second-order valence-corrected chi connectivity index (χ2v) is 8.21. The number of esters is 1. The Morgan fingerprint density at radius 1 is 1.25 bits per heavy atom. The number of benzene rings is 1. The number of nitrogens with one attached hydrogen (secondary N) is 1. The molecule has 1 aromatic rings. The van der Waals surface area contributed by atoms with Gasteiger partial charge in [-0.3, -0.25) is 4.79 Å². The lowest BCUT2D eigenvalue weighted by atomic mass is 9.79. The molecule has 1 aromatic carbocycles. The smallest absolute Gasteiger partial charge is 0.306 e. The Bertz CT molecular complexity index is 622. The summed E-state index contributed by atoms with van der Waals surface area (Å²) in [6.07, 6.45) is 6.21. The number of nitrogens with two attached hydrogens (primary N) is 1. The molecule has 0 aromatic heterocycles. The predicted molar refractivity (Wildman–Crippen MR) is 111 cm³/mol. The fourth-order valence-electron chi connectivity index (χ4n) is 4.29. The molecule has 2 unspecified atom stereocenters. The molecule has 1 aliphatic carbocycles. The summed E-state index contributed by atoms with van der Waals surface area (Å²) in [4.78, 5) is 11.7. The van der Waals surface area contributed by atoms with Gasteiger partial charge in [0.2, 0.25) is 0 Å². The Morgan fingerprint density at radius 3 is 2.46 bits per heavy atom. The first kappa shape index (κ1) is 22.5. The van der Waals surface area contributed by atoms with E-state index in [1.807, 2.05) is 0 Å². The molecular weight excluding hydrogens is 359 g/mol. The third kappa shape index (κ3) is 5.84. The number of anilines is 2. The van der Waals surface area contributed by atoms with Crippen LogP contribution in [0.2, 0.25) is 0 Å². The number of carbonyl (C=O) groups is 1. The zero-order valence-electron chi connectivity index (χ0n) is 17.6. The van der Waals surface area contributed by atoms with Crippen molar-refractivity contribution >= 4 is 17.3 Å². The summed E-state index contributed by atoms with van der Waals surface area (Å²) in [5.41, 5.74) is 7.61. The van der Waals surface area contributed by atoms with E-state index in [0.717, 1.165) is 0 Å². The Kier molecular flexibility index (Phi) is 8.55. The molecule has 0 radical (unpaired) electrons. The van der Waals surface area contributed by atoms with Crippen LogP contribution in [0.1, 0.15) is 63.9 Å². The number of ether oxygens (including phenoxy) is 2. The highest BCUT2D eigenvalue weighted by atomic mass is 19.1. The van der Waals surface area contributed by atoms with E-state index in [1.54, 1.807) is 13.2 Å². The average Bonchev–Trinajstić information content (AvgIpc) is 2.67. The molecule has 1 fully saturated rings. The molecule has 0 bridgehead atoms. The van der Waals surface area contributed by atoms with Crippen molar-refractivity contribution in [3.63, 3.8) is 0 Å². The van der Waals surface area contributed by atoms with Crippen LogP contribution in [-0.4, -0.2) is 32.8 Å². The summed E-state index contributed by atoms with van der Waals surface area (Å²) in [6.45, 7) is 4.62. The monoisotopic (exact) mass is 394 g/mol. The Balaban J connectivity index is 2.24. The fourth-order valence-corrected chi connectivity index (χ4v) is 4.29. The number of nitrogen functional groups attached to an aromatic ring is 1. The van der Waals surface area contributed by atoms with Gasteiger partial charge in [0.05, 0.1) is 31.5 Å². The third-order valence-corrected chi connectivity index (χ3v) is 5.81. The van der Waals surface area contributed by atoms with Crippen molar-refractivity contribution < 1.29 is 18.7 Å². The minimum atomic E-state index is -0.387. The Labute approximate surface area is 168 Å². The molecule has 158 valence electrons. The van der Waals surface area contributed by atoms with Gasteiger partial charge in [-0.2, -0.15) is 0 Å². The van der Waals surface area contributed by atoms with Gasteiger partial charge >= 0.3 is 5.97 Å². The summed E-state index contributed by atoms with van der Waals surface area (Å²) in [5.74, 6) is -0.139. The van der Waals surface area contributed by atoms with Crippen molar-refractivity contribution in [2.75, 3.05) is 31.9 Å². The number of carbonyl (C=O) groups excluding carboxylic acids is 1. The second kappa shape index (κ2) is 10.6. The zero-order valence-corrected chi connectivity index (χ0v) is 17.6. The van der Waals surface area contributed by atoms with Gasteiger partial charge in [0.1, 0.15) is 5.82 Å². The second-order valence-electron chi connectivity index (χ2n) is 8.21. The molecule has 3 N–H and O–H groups in total. The van der Waals surface area contributed by atoms with Crippen LogP contribution >= 0.6 is 0 Å². The first-order valence-electron chi connectivity index (χ1n) is 10.3. The van der Waals surface area contributed by atoms with E-state index in [0.29, 0.717) is 28.8 Å². The standard InChI is InChI=1S/C22H35FN2O3/c1-14(2)21(15-8-6-5-7-9-15)25-22-18(23)10-16(11-19(22)24)17(13-27-3)12-20(26)28-4/h10-11,14-15,17,21,25H,5-9,12-13,24H2,1-4H3. The molecule has 2 atom stereocenters. The summed E-state index contributed by atoms with van der Waals surface area (Å²) in [5, 5.41) is 3.41. The molecule has 1 saturated carbocycles. The maximum atomic E-state index is 15.0. The average molecular weight is 395 g/mol. The zero-order chi connectivity index (χ0) is 20.7. The lowest BCUT2D eigenvalue weighted by Gasteiger charge is -2.35. The number of methoxy groups -OCH3 is 2. The highest BCUT2D eigenvalue weighted by Gasteiger charge is 2.28. The van der Waals surface area contributed by atoms with E-state index in [4.69, 9.17) is 15.2 Å². The van der Waals surface area contributed by atoms with Crippen molar-refractivity contribution in [1.82, 2.24) is 0 Å². The lowest BCUT2D eigenvalue weighted by Crippen LogP contribution is -2.36. The van der Waals surface area contributed by atoms with Gasteiger partial charge in [0.25, 0.3) is 0 Å². The largest absolute Gasteiger partial charge is 0.469 e. The van der Waals surface area contributed by atoms with E-state index in [2.05, 4.69) is 19.2 Å². The van der Waals surface area contributed by atoms with Gasteiger partial charge in [-0.05, 0) is 42.4 Å². The molecule has 1 aliphatic rings. The van der Waals surface area contributed by atoms with Gasteiger partial charge in [0, 0.05) is 19.1 Å². The highest BCUT2D eigenvalue weighted by Crippen LogP contribution is 2.35. The predicted octanol–water partition coefficient (Wildman–Crippen LogP) is 4.72. The molecule has 0 saturated heterocycles. The highest BCUT2D eigenvalue weighted by molar-refractivity contribution is 5.72. The molecular formula is C22H35FN2O3. The van der Waals surface area contributed by atoms with Crippen LogP contribution in [0, 0.1) is 17.7 Å². The summed E-state index contributed by atoms with van der Waals surface area (Å²) >= 11 is 0. The van der Waals surface area contributed by atoms with Crippen molar-refractivity contribution in [3.05, 3.63) is 23.5 Å². The van der Waals surface area contributed by atoms with Crippen molar-refractivity contribution in [2.24, 2.45) is 11.8 Å². The summed E-state index contributed by atoms with van der Waals surface area (Å²) < 4.78 is 25.0. The van der Waals surface area contributed by atoms with Crippen molar-refractivity contribution in [1.29, 1.82) is 0 Å². The van der Waals surface area contributed by atoms with Gasteiger partial charge in [-0.15, -0.1) is 0 Å². The SMILES string of the molecule is COCC(CC(=O)OC)c1cc(N)c(NC(C(C)C)C2CCCCC2)c(F)c1. The molecule has 2 rings (SSSR count). The molecule has 28 heavy (non-hydrogen) atoms. The number of hydrogen-bond acceptors (Lipinski definition) is 5. The first-order valence-corrected chi connectivity index (χ1v) is 10.3. The molecule has 6 heteroatoms. The quantitative estimate of drug-likeness (QED) is 0.468. The topological polar surface area (TPSA) is 73.6 Å². The van der Waals surface area contributed by atoms with E-state index < -0.39 is 0 Å². The number of hydrogen-bond donors (Lipinski definition) is 2. The minimum absolute atomic E-state index is 0.118. The van der Waals surface area contributed by atoms with E-state index in [-0.39, 0.29) is 36.8 Å². The van der Waals surface area contributed by atoms with E-state index >= 15 is 4.39 Å². The van der Waals surface area contributed by atoms with Crippen LogP contribution in [0.3, 0.4) is 0 Å². The van der Waals surface area contributed by atoms with Crippen LogP contribution in [0.25, 0.3) is 0 Å². The van der Waals surface area contributed by atoms with Crippen molar-refractivity contribution in [3.8, 4) is 0 Å². The lowest BCUT2D eigenvalue weighted by molar-refractivity contribution is -0.141.